The van der Waals surface area contributed by atoms with Crippen molar-refractivity contribution in [2.24, 2.45) is 0 Å². The molecule has 1 aliphatic heterocycles. The summed E-state index contributed by atoms with van der Waals surface area (Å²) in [6.07, 6.45) is 4.02. The number of nitrogens with zero attached hydrogens (tertiary/aromatic N) is 7. The lowest BCUT2D eigenvalue weighted by molar-refractivity contribution is 0.0987. The van der Waals surface area contributed by atoms with Crippen LogP contribution in [0.25, 0.3) is 22.1 Å². The summed E-state index contributed by atoms with van der Waals surface area (Å²) in [6, 6.07) is 9.92. The van der Waals surface area contributed by atoms with E-state index in [2.05, 4.69) is 23.8 Å². The van der Waals surface area contributed by atoms with E-state index in [1.807, 2.05) is 42.1 Å². The number of pyridine rings is 1. The van der Waals surface area contributed by atoms with Crippen molar-refractivity contribution in [1.29, 1.82) is 0 Å². The number of fused-ring (bicyclic) bond motifs is 3. The van der Waals surface area contributed by atoms with Crippen LogP contribution in [0.4, 0.5) is 11.6 Å². The first-order chi connectivity index (χ1) is 15.5. The van der Waals surface area contributed by atoms with Crippen LogP contribution < -0.4 is 9.80 Å². The van der Waals surface area contributed by atoms with E-state index >= 15 is 0 Å². The molecule has 0 saturated heterocycles. The second-order valence-corrected chi connectivity index (χ2v) is 9.03. The Hall–Kier alpha value is -3.55. The third kappa shape index (κ3) is 2.93. The van der Waals surface area contributed by atoms with Crippen molar-refractivity contribution < 1.29 is 4.79 Å². The van der Waals surface area contributed by atoms with Gasteiger partial charge in [0.2, 0.25) is 0 Å². The van der Waals surface area contributed by atoms with Gasteiger partial charge in [-0.1, -0.05) is 12.1 Å². The molecule has 8 nitrogen and oxygen atoms in total. The minimum absolute atomic E-state index is 0.0680. The molecular formula is C24H25N7O. The quantitative estimate of drug-likeness (QED) is 0.493. The summed E-state index contributed by atoms with van der Waals surface area (Å²) >= 11 is 0. The van der Waals surface area contributed by atoms with Gasteiger partial charge in [-0.2, -0.15) is 5.10 Å². The average Bonchev–Trinajstić information content (AvgIpc) is 3.56. The van der Waals surface area contributed by atoms with E-state index in [1.165, 1.54) is 0 Å². The van der Waals surface area contributed by atoms with Crippen molar-refractivity contribution in [2.45, 2.75) is 38.6 Å². The monoisotopic (exact) mass is 427 g/mol. The largest absolute Gasteiger partial charge is 0.355 e. The van der Waals surface area contributed by atoms with E-state index in [4.69, 9.17) is 15.0 Å². The molecule has 2 aliphatic rings. The summed E-state index contributed by atoms with van der Waals surface area (Å²) in [7, 11) is 1.99. The molecule has 0 atom stereocenters. The Kier molecular flexibility index (Phi) is 4.18. The number of likely N-dealkylation sites (N-methyl/N-ethyl adjacent to an activating group) is 1. The highest BCUT2D eigenvalue weighted by Gasteiger charge is 2.33. The molecular weight excluding hydrogens is 402 g/mol. The number of anilines is 2. The van der Waals surface area contributed by atoms with Crippen molar-refractivity contribution >= 4 is 39.6 Å². The highest BCUT2D eigenvalue weighted by Crippen LogP contribution is 2.41. The molecule has 0 N–H and O–H groups in total. The van der Waals surface area contributed by atoms with Crippen molar-refractivity contribution in [3.63, 3.8) is 0 Å². The molecule has 0 bridgehead atoms. The molecule has 1 fully saturated rings. The van der Waals surface area contributed by atoms with Crippen LogP contribution in [0.15, 0.2) is 36.5 Å². The van der Waals surface area contributed by atoms with Gasteiger partial charge in [-0.3, -0.25) is 9.69 Å². The number of hydrogen-bond donors (Lipinski definition) is 0. The van der Waals surface area contributed by atoms with E-state index in [0.717, 1.165) is 46.4 Å². The number of carbonyl (C=O) groups is 1. The van der Waals surface area contributed by atoms with Crippen LogP contribution in [0.5, 0.6) is 0 Å². The van der Waals surface area contributed by atoms with Gasteiger partial charge in [0, 0.05) is 37.8 Å². The Morgan fingerprint density at radius 3 is 2.44 bits per heavy atom. The summed E-state index contributed by atoms with van der Waals surface area (Å²) in [5.41, 5.74) is 4.03. The van der Waals surface area contributed by atoms with Crippen molar-refractivity contribution in [3.8, 4) is 0 Å². The number of para-hydroxylation sites is 2. The Labute approximate surface area is 185 Å². The highest BCUT2D eigenvalue weighted by molar-refractivity contribution is 6.14. The van der Waals surface area contributed by atoms with Gasteiger partial charge in [0.1, 0.15) is 0 Å². The third-order valence-corrected chi connectivity index (χ3v) is 6.36. The van der Waals surface area contributed by atoms with Crippen LogP contribution in [0.1, 0.15) is 54.7 Å². The van der Waals surface area contributed by atoms with Gasteiger partial charge in [0.15, 0.2) is 17.3 Å². The molecule has 4 aromatic rings. The summed E-state index contributed by atoms with van der Waals surface area (Å²) < 4.78 is 1.91. The molecule has 8 heteroatoms. The van der Waals surface area contributed by atoms with Gasteiger partial charge >= 0.3 is 0 Å². The predicted molar refractivity (Wildman–Crippen MR) is 124 cm³/mol. The maximum Gasteiger partial charge on any atom is 0.260 e. The number of rotatable bonds is 3. The first kappa shape index (κ1) is 19.2. The molecule has 1 aliphatic carbocycles. The van der Waals surface area contributed by atoms with Crippen LogP contribution in [-0.2, 0) is 0 Å². The van der Waals surface area contributed by atoms with E-state index in [-0.39, 0.29) is 11.9 Å². The zero-order chi connectivity index (χ0) is 22.0. The number of hydrogen-bond acceptors (Lipinski definition) is 6. The van der Waals surface area contributed by atoms with E-state index in [1.54, 1.807) is 11.1 Å². The van der Waals surface area contributed by atoms with Crippen molar-refractivity contribution in [1.82, 2.24) is 24.7 Å². The maximum absolute atomic E-state index is 14.0. The minimum Gasteiger partial charge on any atom is -0.355 e. The molecule has 3 aromatic heterocycles. The number of amides is 1. The van der Waals surface area contributed by atoms with E-state index in [0.29, 0.717) is 30.4 Å². The van der Waals surface area contributed by atoms with Crippen LogP contribution in [0.2, 0.25) is 0 Å². The minimum atomic E-state index is -0.0680. The molecule has 6 rings (SSSR count). The van der Waals surface area contributed by atoms with E-state index < -0.39 is 0 Å². The number of aromatic nitrogens is 5. The van der Waals surface area contributed by atoms with E-state index in [9.17, 15) is 4.79 Å². The van der Waals surface area contributed by atoms with Gasteiger partial charge in [0.25, 0.3) is 5.91 Å². The SMILES string of the molecule is CC(C)n1ncc2c(C(=O)N3CCN(C)c4nc5ccccc5nc43)cc(C3CC3)nc21. The fraction of sp³-hybridized carbons (Fsp3) is 0.375. The van der Waals surface area contributed by atoms with Crippen molar-refractivity contribution in [2.75, 3.05) is 29.9 Å². The summed E-state index contributed by atoms with van der Waals surface area (Å²) in [6.45, 7) is 5.41. The Bertz CT molecular complexity index is 1370. The van der Waals surface area contributed by atoms with Crippen molar-refractivity contribution in [3.05, 3.63) is 47.8 Å². The zero-order valence-electron chi connectivity index (χ0n) is 18.5. The smallest absolute Gasteiger partial charge is 0.260 e. The van der Waals surface area contributed by atoms with Crippen LogP contribution in [0.3, 0.4) is 0 Å². The standard InChI is InChI=1S/C24H25N7O/c1-14(2)31-21-17(13-25-31)16(12-20(28-21)15-8-9-15)24(32)30-11-10-29(3)22-23(30)27-19-7-5-4-6-18(19)26-22/h4-7,12-15H,8-11H2,1-3H3. The normalized spacial score (nSPS) is 16.2. The molecule has 1 amide bonds. The van der Waals surface area contributed by atoms with Gasteiger partial charge in [-0.05, 0) is 44.9 Å². The molecule has 0 unspecified atom stereocenters. The number of carbonyl (C=O) groups excluding carboxylic acids is 1. The second-order valence-electron chi connectivity index (χ2n) is 9.03. The maximum atomic E-state index is 14.0. The first-order valence-electron chi connectivity index (χ1n) is 11.2. The van der Waals surface area contributed by atoms with Crippen LogP contribution in [-0.4, -0.2) is 50.8 Å². The first-order valence-corrected chi connectivity index (χ1v) is 11.2. The molecule has 1 saturated carbocycles. The molecule has 162 valence electrons. The zero-order valence-corrected chi connectivity index (χ0v) is 18.5. The summed E-state index contributed by atoms with van der Waals surface area (Å²) in [5, 5.41) is 5.34. The topological polar surface area (TPSA) is 80.0 Å². The lowest BCUT2D eigenvalue weighted by atomic mass is 10.1. The highest BCUT2D eigenvalue weighted by atomic mass is 16.2. The number of benzene rings is 1. The van der Waals surface area contributed by atoms with Gasteiger partial charge in [-0.15, -0.1) is 0 Å². The third-order valence-electron chi connectivity index (χ3n) is 6.36. The lowest BCUT2D eigenvalue weighted by Crippen LogP contribution is -2.44. The fourth-order valence-corrected chi connectivity index (χ4v) is 4.40. The molecule has 4 heterocycles. The van der Waals surface area contributed by atoms with Gasteiger partial charge in [-0.25, -0.2) is 19.6 Å². The summed E-state index contributed by atoms with van der Waals surface area (Å²) in [5.74, 6) is 1.71. The molecule has 1 aromatic carbocycles. The predicted octanol–water partition coefficient (Wildman–Crippen LogP) is 3.93. The Balaban J connectivity index is 1.51. The average molecular weight is 428 g/mol. The molecule has 32 heavy (non-hydrogen) atoms. The summed E-state index contributed by atoms with van der Waals surface area (Å²) in [4.78, 5) is 32.4. The fourth-order valence-electron chi connectivity index (χ4n) is 4.40. The Morgan fingerprint density at radius 1 is 1.03 bits per heavy atom. The van der Waals surface area contributed by atoms with Crippen LogP contribution in [0, 0.1) is 0 Å². The van der Waals surface area contributed by atoms with Gasteiger partial charge in [0.05, 0.1) is 28.2 Å². The molecule has 0 radical (unpaired) electrons. The molecule has 0 spiro atoms. The second kappa shape index (κ2) is 6.98. The van der Waals surface area contributed by atoms with Crippen LogP contribution >= 0.6 is 0 Å². The Morgan fingerprint density at radius 2 is 1.75 bits per heavy atom. The lowest BCUT2D eigenvalue weighted by Gasteiger charge is -2.34. The van der Waals surface area contributed by atoms with Gasteiger partial charge < -0.3 is 4.90 Å².